The third-order valence-corrected chi connectivity index (χ3v) is 4.16. The molecule has 0 unspecified atom stereocenters. The van der Waals surface area contributed by atoms with E-state index in [1.54, 1.807) is 42.7 Å². The number of hydrogen-bond acceptors (Lipinski definition) is 4. The van der Waals surface area contributed by atoms with Crippen LogP contribution in [0.3, 0.4) is 0 Å². The summed E-state index contributed by atoms with van der Waals surface area (Å²) in [6.45, 7) is 0. The van der Waals surface area contributed by atoms with Crippen LogP contribution in [0.2, 0.25) is 5.02 Å². The first kappa shape index (κ1) is 17.1. The first-order valence-electron chi connectivity index (χ1n) is 8.32. The van der Waals surface area contributed by atoms with Gasteiger partial charge in [-0.3, -0.25) is 4.79 Å². The molecule has 4 rings (SSSR count). The Labute approximate surface area is 160 Å². The zero-order valence-corrected chi connectivity index (χ0v) is 14.9. The van der Waals surface area contributed by atoms with Crippen molar-refractivity contribution in [3.8, 4) is 0 Å². The van der Waals surface area contributed by atoms with Crippen LogP contribution in [-0.4, -0.2) is 10.9 Å². The number of carbonyl (C=O) groups is 1. The highest BCUT2D eigenvalue weighted by atomic mass is 35.5. The first-order valence-corrected chi connectivity index (χ1v) is 8.70. The molecule has 0 aliphatic heterocycles. The molecule has 0 aliphatic carbocycles. The number of carbonyl (C=O) groups excluding carboxylic acids is 1. The molecule has 2 aromatic carbocycles. The number of amides is 1. The van der Waals surface area contributed by atoms with Crippen LogP contribution in [0.4, 0.5) is 5.69 Å². The number of furan rings is 1. The Balaban J connectivity index is 1.47. The second kappa shape index (κ2) is 7.51. The zero-order chi connectivity index (χ0) is 18.6. The number of oxazole rings is 1. The summed E-state index contributed by atoms with van der Waals surface area (Å²) in [6.07, 6.45) is 5.14. The molecule has 0 spiro atoms. The second-order valence-corrected chi connectivity index (χ2v) is 6.37. The quantitative estimate of drug-likeness (QED) is 0.477. The summed E-state index contributed by atoms with van der Waals surface area (Å²) in [5.41, 5.74) is 3.06. The van der Waals surface area contributed by atoms with E-state index in [0.29, 0.717) is 39.9 Å². The standard InChI is InChI=1S/C21H15ClN2O3/c22-15-5-3-14(4-6-15)12-21-24-18-13-16(7-9-19(18)27-21)23-20(25)10-8-17-2-1-11-26-17/h1-11,13H,12H2,(H,23,25)/b10-8+. The summed E-state index contributed by atoms with van der Waals surface area (Å²) in [5.74, 6) is 0.966. The van der Waals surface area contributed by atoms with Crippen molar-refractivity contribution in [1.82, 2.24) is 4.98 Å². The normalized spacial score (nSPS) is 11.3. The molecule has 4 aromatic rings. The maximum Gasteiger partial charge on any atom is 0.248 e. The predicted octanol–water partition coefficient (Wildman–Crippen LogP) is 5.32. The summed E-state index contributed by atoms with van der Waals surface area (Å²) < 4.78 is 10.9. The van der Waals surface area contributed by atoms with Gasteiger partial charge in [-0.1, -0.05) is 23.7 Å². The van der Waals surface area contributed by atoms with Crippen molar-refractivity contribution < 1.29 is 13.6 Å². The van der Waals surface area contributed by atoms with Crippen LogP contribution in [0.25, 0.3) is 17.2 Å². The van der Waals surface area contributed by atoms with Gasteiger partial charge in [-0.25, -0.2) is 4.98 Å². The molecule has 1 N–H and O–H groups in total. The maximum absolute atomic E-state index is 12.0. The van der Waals surface area contributed by atoms with Gasteiger partial charge < -0.3 is 14.2 Å². The number of benzene rings is 2. The molecular weight excluding hydrogens is 364 g/mol. The maximum atomic E-state index is 12.0. The fourth-order valence-corrected chi connectivity index (χ4v) is 2.76. The van der Waals surface area contributed by atoms with E-state index >= 15 is 0 Å². The summed E-state index contributed by atoms with van der Waals surface area (Å²) in [7, 11) is 0. The van der Waals surface area contributed by atoms with Crippen LogP contribution in [-0.2, 0) is 11.2 Å². The molecule has 0 fully saturated rings. The molecule has 134 valence electrons. The van der Waals surface area contributed by atoms with E-state index in [1.807, 2.05) is 24.3 Å². The second-order valence-electron chi connectivity index (χ2n) is 5.93. The molecule has 0 saturated heterocycles. The number of nitrogens with zero attached hydrogens (tertiary/aromatic N) is 1. The van der Waals surface area contributed by atoms with Crippen LogP contribution in [0.15, 0.2) is 75.8 Å². The van der Waals surface area contributed by atoms with Gasteiger partial charge in [0, 0.05) is 23.2 Å². The van der Waals surface area contributed by atoms with Gasteiger partial charge in [-0.15, -0.1) is 0 Å². The molecule has 27 heavy (non-hydrogen) atoms. The van der Waals surface area contributed by atoms with Crippen LogP contribution >= 0.6 is 11.6 Å². The van der Waals surface area contributed by atoms with Crippen molar-refractivity contribution in [2.24, 2.45) is 0 Å². The lowest BCUT2D eigenvalue weighted by Gasteiger charge is -2.00. The van der Waals surface area contributed by atoms with E-state index in [0.717, 1.165) is 5.56 Å². The summed E-state index contributed by atoms with van der Waals surface area (Å²) in [6, 6.07) is 16.4. The van der Waals surface area contributed by atoms with Gasteiger partial charge in [0.1, 0.15) is 11.3 Å². The molecule has 0 atom stereocenters. The highest BCUT2D eigenvalue weighted by molar-refractivity contribution is 6.30. The van der Waals surface area contributed by atoms with Crippen molar-refractivity contribution in [1.29, 1.82) is 0 Å². The highest BCUT2D eigenvalue weighted by Gasteiger charge is 2.08. The summed E-state index contributed by atoms with van der Waals surface area (Å²) in [5, 5.41) is 3.49. The van der Waals surface area contributed by atoms with Gasteiger partial charge in [0.05, 0.1) is 6.26 Å². The van der Waals surface area contributed by atoms with Gasteiger partial charge in [0.2, 0.25) is 5.91 Å². The fourth-order valence-electron chi connectivity index (χ4n) is 2.63. The van der Waals surface area contributed by atoms with Crippen LogP contribution in [0, 0.1) is 0 Å². The van der Waals surface area contributed by atoms with E-state index in [9.17, 15) is 4.79 Å². The molecular formula is C21H15ClN2O3. The van der Waals surface area contributed by atoms with Crippen molar-refractivity contribution in [2.45, 2.75) is 6.42 Å². The van der Waals surface area contributed by atoms with Crippen LogP contribution < -0.4 is 5.32 Å². The Morgan fingerprint density at radius 3 is 2.78 bits per heavy atom. The van der Waals surface area contributed by atoms with E-state index in [4.69, 9.17) is 20.4 Å². The minimum atomic E-state index is -0.254. The average molecular weight is 379 g/mol. The third kappa shape index (κ3) is 4.27. The Kier molecular flexibility index (Phi) is 4.77. The number of halogens is 1. The Hall–Kier alpha value is -3.31. The SMILES string of the molecule is O=C(/C=C/c1ccco1)Nc1ccc2oc(Cc3ccc(Cl)cc3)nc2c1. The van der Waals surface area contributed by atoms with Gasteiger partial charge in [0.25, 0.3) is 0 Å². The molecule has 0 aliphatic rings. The summed E-state index contributed by atoms with van der Waals surface area (Å²) in [4.78, 5) is 16.5. The topological polar surface area (TPSA) is 68.3 Å². The first-order chi connectivity index (χ1) is 13.2. The lowest BCUT2D eigenvalue weighted by Crippen LogP contribution is -2.07. The average Bonchev–Trinajstić information content (AvgIpc) is 3.31. The Morgan fingerprint density at radius 1 is 1.15 bits per heavy atom. The number of anilines is 1. The van der Waals surface area contributed by atoms with Crippen LogP contribution in [0.1, 0.15) is 17.2 Å². The minimum Gasteiger partial charge on any atom is -0.465 e. The molecule has 0 saturated carbocycles. The monoisotopic (exact) mass is 378 g/mol. The molecule has 2 aromatic heterocycles. The molecule has 1 amide bonds. The molecule has 0 bridgehead atoms. The number of nitrogens with one attached hydrogen (secondary N) is 1. The van der Waals surface area contributed by atoms with Gasteiger partial charge in [-0.2, -0.15) is 0 Å². The Morgan fingerprint density at radius 2 is 2.00 bits per heavy atom. The number of rotatable bonds is 5. The van der Waals surface area contributed by atoms with Crippen molar-refractivity contribution in [3.05, 3.63) is 89.2 Å². The smallest absolute Gasteiger partial charge is 0.248 e. The van der Waals surface area contributed by atoms with E-state index in [-0.39, 0.29) is 5.91 Å². The fraction of sp³-hybridized carbons (Fsp3) is 0.0476. The van der Waals surface area contributed by atoms with Crippen molar-refractivity contribution in [3.63, 3.8) is 0 Å². The lowest BCUT2D eigenvalue weighted by atomic mass is 10.1. The van der Waals surface area contributed by atoms with E-state index in [1.165, 1.54) is 6.08 Å². The third-order valence-electron chi connectivity index (χ3n) is 3.91. The van der Waals surface area contributed by atoms with Crippen LogP contribution in [0.5, 0.6) is 0 Å². The van der Waals surface area contributed by atoms with Gasteiger partial charge >= 0.3 is 0 Å². The van der Waals surface area contributed by atoms with E-state index < -0.39 is 0 Å². The number of hydrogen-bond donors (Lipinski definition) is 1. The lowest BCUT2D eigenvalue weighted by molar-refractivity contribution is -0.111. The molecule has 2 heterocycles. The van der Waals surface area contributed by atoms with Crippen molar-refractivity contribution in [2.75, 3.05) is 5.32 Å². The highest BCUT2D eigenvalue weighted by Crippen LogP contribution is 2.22. The van der Waals surface area contributed by atoms with Gasteiger partial charge in [-0.05, 0) is 54.1 Å². The van der Waals surface area contributed by atoms with Crippen molar-refractivity contribution >= 4 is 40.4 Å². The molecule has 6 heteroatoms. The molecule has 0 radical (unpaired) electrons. The number of fused-ring (bicyclic) bond motifs is 1. The minimum absolute atomic E-state index is 0.254. The largest absolute Gasteiger partial charge is 0.465 e. The summed E-state index contributed by atoms with van der Waals surface area (Å²) >= 11 is 5.91. The Bertz CT molecular complexity index is 1100. The molecule has 5 nitrogen and oxygen atoms in total. The number of aromatic nitrogens is 1. The van der Waals surface area contributed by atoms with E-state index in [2.05, 4.69) is 10.3 Å². The van der Waals surface area contributed by atoms with Gasteiger partial charge in [0.15, 0.2) is 11.5 Å². The zero-order valence-electron chi connectivity index (χ0n) is 14.2. The predicted molar refractivity (Wildman–Crippen MR) is 105 cm³/mol.